The molecule has 6 rings (SSSR count). The molecule has 0 aromatic heterocycles. The number of carboxylic acids is 1. The maximum absolute atomic E-state index is 13.9. The minimum absolute atomic E-state index is 0.0972. The fourth-order valence-electron chi connectivity index (χ4n) is 14.2. The van der Waals surface area contributed by atoms with Crippen LogP contribution < -0.4 is 0 Å². The van der Waals surface area contributed by atoms with Crippen LogP contribution in [0.5, 0.6) is 0 Å². The van der Waals surface area contributed by atoms with E-state index in [1.165, 1.54) is 44.9 Å². The number of ether oxygens (including phenoxy) is 1. The SMILES string of the molecule is CC(C)C1CC[C@]2(CC(=O)N3CC[C@@H](C)C3)CC[C@]3(C)[C@H](CC[C@@H]4[C@@]5(C)CC[C@H](OC(=O)CC(C)(C)C(=O)O)C(C)(C)[C@@H]5CC[C@]43C)[C@@H]12. The highest BCUT2D eigenvalue weighted by atomic mass is 16.5. The molecule has 0 radical (unpaired) electrons. The number of amides is 1. The summed E-state index contributed by atoms with van der Waals surface area (Å²) in [6.45, 7) is 24.9. The molecule has 5 saturated carbocycles. The fourth-order valence-corrected chi connectivity index (χ4v) is 14.2. The maximum Gasteiger partial charge on any atom is 0.309 e. The predicted molar refractivity (Wildman–Crippen MR) is 190 cm³/mol. The minimum Gasteiger partial charge on any atom is -0.481 e. The van der Waals surface area contributed by atoms with Crippen LogP contribution in [-0.4, -0.2) is 47.0 Å². The molecular weight excluding hydrogens is 598 g/mol. The highest BCUT2D eigenvalue weighted by molar-refractivity contribution is 5.81. The molecule has 0 bridgehead atoms. The van der Waals surface area contributed by atoms with Gasteiger partial charge in [0.15, 0.2) is 0 Å². The van der Waals surface area contributed by atoms with Crippen molar-refractivity contribution in [1.29, 1.82) is 0 Å². The van der Waals surface area contributed by atoms with Crippen molar-refractivity contribution in [2.75, 3.05) is 13.1 Å². The summed E-state index contributed by atoms with van der Waals surface area (Å²) >= 11 is 0. The van der Waals surface area contributed by atoms with Crippen molar-refractivity contribution in [1.82, 2.24) is 4.90 Å². The molecule has 1 amide bonds. The summed E-state index contributed by atoms with van der Waals surface area (Å²) < 4.78 is 6.19. The Balaban J connectivity index is 1.25. The van der Waals surface area contributed by atoms with Crippen LogP contribution in [0.15, 0.2) is 0 Å². The number of aliphatic carboxylic acids is 1. The molecule has 0 aromatic rings. The quantitative estimate of drug-likeness (QED) is 0.274. The molecule has 5 aliphatic carbocycles. The van der Waals surface area contributed by atoms with Gasteiger partial charge in [-0.25, -0.2) is 0 Å². The van der Waals surface area contributed by atoms with Gasteiger partial charge in [0.1, 0.15) is 6.10 Å². The molecule has 1 heterocycles. The second kappa shape index (κ2) is 12.0. The summed E-state index contributed by atoms with van der Waals surface area (Å²) in [7, 11) is 0. The average molecular weight is 668 g/mol. The van der Waals surface area contributed by atoms with E-state index in [-0.39, 0.29) is 45.6 Å². The number of rotatable bonds is 7. The van der Waals surface area contributed by atoms with E-state index in [4.69, 9.17) is 4.74 Å². The van der Waals surface area contributed by atoms with Crippen molar-refractivity contribution in [3.05, 3.63) is 0 Å². The number of nitrogens with zero attached hydrogens (tertiary/aromatic N) is 1. The highest BCUT2D eigenvalue weighted by Crippen LogP contribution is 2.78. The molecule has 272 valence electrons. The van der Waals surface area contributed by atoms with Gasteiger partial charge in [0.2, 0.25) is 5.91 Å². The van der Waals surface area contributed by atoms with Crippen molar-refractivity contribution in [2.24, 2.45) is 73.9 Å². The Morgan fingerprint density at radius 1 is 0.854 bits per heavy atom. The number of hydrogen-bond acceptors (Lipinski definition) is 4. The van der Waals surface area contributed by atoms with Gasteiger partial charge < -0.3 is 14.7 Å². The van der Waals surface area contributed by atoms with Gasteiger partial charge in [-0.05, 0) is 148 Å². The largest absolute Gasteiger partial charge is 0.481 e. The van der Waals surface area contributed by atoms with Gasteiger partial charge in [0, 0.05) is 24.9 Å². The molecule has 0 aromatic carbocycles. The lowest BCUT2D eigenvalue weighted by Crippen LogP contribution is -2.67. The van der Waals surface area contributed by atoms with Gasteiger partial charge in [-0.2, -0.15) is 0 Å². The van der Waals surface area contributed by atoms with E-state index in [0.29, 0.717) is 47.3 Å². The van der Waals surface area contributed by atoms with Crippen LogP contribution in [0.2, 0.25) is 0 Å². The monoisotopic (exact) mass is 668 g/mol. The molecule has 1 saturated heterocycles. The van der Waals surface area contributed by atoms with E-state index in [0.717, 1.165) is 45.2 Å². The summed E-state index contributed by atoms with van der Waals surface area (Å²) in [5, 5.41) is 9.60. The molecule has 6 fully saturated rings. The number of carboxylic acid groups (broad SMARTS) is 1. The molecule has 11 atom stereocenters. The van der Waals surface area contributed by atoms with Crippen LogP contribution in [-0.2, 0) is 19.1 Å². The lowest BCUT2D eigenvalue weighted by atomic mass is 9.32. The van der Waals surface area contributed by atoms with E-state index >= 15 is 0 Å². The lowest BCUT2D eigenvalue weighted by molar-refractivity contribution is -0.252. The third-order valence-electron chi connectivity index (χ3n) is 17.2. The van der Waals surface area contributed by atoms with Gasteiger partial charge in [0.25, 0.3) is 0 Å². The van der Waals surface area contributed by atoms with E-state index in [1.807, 2.05) is 0 Å². The topological polar surface area (TPSA) is 83.9 Å². The Labute approximate surface area is 292 Å². The number of esters is 1. The average Bonchev–Trinajstić information content (AvgIpc) is 3.59. The summed E-state index contributed by atoms with van der Waals surface area (Å²) in [6.07, 6.45) is 13.5. The molecule has 1 unspecified atom stereocenters. The number of carbonyl (C=O) groups excluding carboxylic acids is 2. The molecule has 1 aliphatic heterocycles. The molecule has 6 aliphatic rings. The molecule has 6 nitrogen and oxygen atoms in total. The molecule has 0 spiro atoms. The van der Waals surface area contributed by atoms with Gasteiger partial charge in [-0.15, -0.1) is 0 Å². The van der Waals surface area contributed by atoms with Crippen molar-refractivity contribution in [3.63, 3.8) is 0 Å². The van der Waals surface area contributed by atoms with Crippen LogP contribution >= 0.6 is 0 Å². The summed E-state index contributed by atoms with van der Waals surface area (Å²) in [4.78, 5) is 40.9. The Hall–Kier alpha value is -1.59. The zero-order chi connectivity index (χ0) is 35.2. The molecule has 48 heavy (non-hydrogen) atoms. The van der Waals surface area contributed by atoms with Gasteiger partial charge in [-0.1, -0.05) is 55.4 Å². The van der Waals surface area contributed by atoms with Gasteiger partial charge in [-0.3, -0.25) is 14.4 Å². The molecule has 6 heteroatoms. The van der Waals surface area contributed by atoms with Crippen molar-refractivity contribution >= 4 is 17.8 Å². The summed E-state index contributed by atoms with van der Waals surface area (Å²) in [5.41, 5.74) is -0.439. The van der Waals surface area contributed by atoms with Crippen molar-refractivity contribution < 1.29 is 24.2 Å². The van der Waals surface area contributed by atoms with Crippen molar-refractivity contribution in [2.45, 2.75) is 159 Å². The minimum atomic E-state index is -1.13. The number of hydrogen-bond donors (Lipinski definition) is 1. The van der Waals surface area contributed by atoms with E-state index in [1.54, 1.807) is 13.8 Å². The van der Waals surface area contributed by atoms with E-state index < -0.39 is 11.4 Å². The Morgan fingerprint density at radius 3 is 2.19 bits per heavy atom. The Bertz CT molecular complexity index is 1290. The first-order chi connectivity index (χ1) is 22.2. The van der Waals surface area contributed by atoms with Crippen molar-refractivity contribution in [3.8, 4) is 0 Å². The first-order valence-electron chi connectivity index (χ1n) is 19.9. The highest BCUT2D eigenvalue weighted by Gasteiger charge is 2.71. The van der Waals surface area contributed by atoms with Gasteiger partial charge in [0.05, 0.1) is 11.8 Å². The second-order valence-corrected chi connectivity index (χ2v) is 20.6. The summed E-state index contributed by atoms with van der Waals surface area (Å²) in [6, 6.07) is 0. The van der Waals surface area contributed by atoms with Crippen LogP contribution in [0, 0.1) is 73.9 Å². The Kier molecular flexibility index (Phi) is 9.05. The first-order valence-corrected chi connectivity index (χ1v) is 19.9. The standard InChI is InChI=1S/C42H69NO5/c1-26(2)28-13-19-42(23-33(44)43-22-16-27(3)25-43)21-20-40(9)29(35(28)42)11-12-31-39(8)17-15-32(48-34(45)24-37(4,5)36(46)47)38(6,7)30(39)14-18-41(31,40)10/h26-32,35H,11-25H2,1-10H3,(H,46,47)/t27-,28?,29-,30+,31-,32+,35-,39+,40-,41-,42-/m1/s1. The van der Waals surface area contributed by atoms with Crippen LogP contribution in [0.25, 0.3) is 0 Å². The van der Waals surface area contributed by atoms with Crippen LogP contribution in [0.4, 0.5) is 0 Å². The maximum atomic E-state index is 13.9. The lowest BCUT2D eigenvalue weighted by Gasteiger charge is -2.73. The number of fused-ring (bicyclic) bond motifs is 7. The first kappa shape index (κ1) is 36.2. The number of carbonyl (C=O) groups is 3. The smallest absolute Gasteiger partial charge is 0.309 e. The van der Waals surface area contributed by atoms with Gasteiger partial charge >= 0.3 is 11.9 Å². The Morgan fingerprint density at radius 2 is 1.56 bits per heavy atom. The van der Waals surface area contributed by atoms with E-state index in [2.05, 4.69) is 60.3 Å². The summed E-state index contributed by atoms with van der Waals surface area (Å²) in [5.74, 6) is 3.51. The van der Waals surface area contributed by atoms with Crippen LogP contribution in [0.1, 0.15) is 153 Å². The third-order valence-corrected chi connectivity index (χ3v) is 17.2. The molecule has 1 N–H and O–H groups in total. The second-order valence-electron chi connectivity index (χ2n) is 20.6. The zero-order valence-corrected chi connectivity index (χ0v) is 32.3. The predicted octanol–water partition coefficient (Wildman–Crippen LogP) is 9.40. The zero-order valence-electron chi connectivity index (χ0n) is 32.3. The third kappa shape index (κ3) is 5.41. The molecular formula is C42H69NO5. The van der Waals surface area contributed by atoms with Crippen LogP contribution in [0.3, 0.4) is 0 Å². The van der Waals surface area contributed by atoms with E-state index in [9.17, 15) is 19.5 Å². The number of likely N-dealkylation sites (tertiary alicyclic amines) is 1. The fraction of sp³-hybridized carbons (Fsp3) is 0.929. The normalized spacial score (nSPS) is 45.1.